The number of nitrogens with one attached hydrogen (secondary N) is 2. The smallest absolute Gasteiger partial charge is 0.287 e. The Morgan fingerprint density at radius 3 is 2.48 bits per heavy atom. The van der Waals surface area contributed by atoms with Gasteiger partial charge in [0.1, 0.15) is 6.54 Å². The molecule has 0 saturated carbocycles. The molecule has 1 aromatic carbocycles. The summed E-state index contributed by atoms with van der Waals surface area (Å²) in [6.45, 7) is 4.23. The van der Waals surface area contributed by atoms with Crippen LogP contribution in [0.5, 0.6) is 0 Å². The second-order valence-corrected chi connectivity index (χ2v) is 6.86. The lowest BCUT2D eigenvalue weighted by molar-refractivity contribution is -0.917. The van der Waals surface area contributed by atoms with Crippen LogP contribution in [0.4, 0.5) is 0 Å². The highest BCUT2D eigenvalue weighted by Gasteiger charge is 2.24. The predicted molar refractivity (Wildman–Crippen MR) is 96.2 cm³/mol. The topological polar surface area (TPSA) is 67.0 Å². The average molecular weight is 407 g/mol. The molecule has 1 aromatic heterocycles. The van der Waals surface area contributed by atoms with E-state index in [1.807, 2.05) is 11.0 Å². The summed E-state index contributed by atoms with van der Waals surface area (Å²) in [5.41, 5.74) is 1.31. The molecule has 3 rings (SSSR count). The fourth-order valence-corrected chi connectivity index (χ4v) is 3.23. The number of amides is 2. The summed E-state index contributed by atoms with van der Waals surface area (Å²) < 4.78 is 5.66. The van der Waals surface area contributed by atoms with Gasteiger partial charge in [-0.1, -0.05) is 30.3 Å². The fraction of sp³-hybridized carbons (Fsp3) is 0.333. The van der Waals surface area contributed by atoms with E-state index in [-0.39, 0.29) is 24.1 Å². The molecule has 0 unspecified atom stereocenters. The lowest BCUT2D eigenvalue weighted by atomic mass is 10.2. The maximum absolute atomic E-state index is 12.3. The molecular weight excluding hydrogens is 386 g/mol. The molecule has 0 bridgehead atoms. The Morgan fingerprint density at radius 2 is 1.84 bits per heavy atom. The first kappa shape index (κ1) is 17.7. The minimum Gasteiger partial charge on any atom is -0.444 e. The van der Waals surface area contributed by atoms with Crippen molar-refractivity contribution in [3.8, 4) is 0 Å². The molecule has 2 N–H and O–H groups in total. The molecule has 1 aliphatic rings. The van der Waals surface area contributed by atoms with Crippen molar-refractivity contribution in [3.05, 3.63) is 58.5 Å². The molecule has 0 aliphatic carbocycles. The van der Waals surface area contributed by atoms with Gasteiger partial charge < -0.3 is 19.5 Å². The standard InChI is InChI=1S/C18H20BrN3O3/c19-16-7-6-15(25-16)18(24)20-12-17(23)22-10-8-21(9-11-22)13-14-4-2-1-3-5-14/h1-7H,8-13H2,(H,20,24)/p+1. The van der Waals surface area contributed by atoms with E-state index in [0.717, 1.165) is 19.6 Å². The van der Waals surface area contributed by atoms with E-state index in [4.69, 9.17) is 4.42 Å². The van der Waals surface area contributed by atoms with E-state index in [0.29, 0.717) is 17.8 Å². The van der Waals surface area contributed by atoms with Crippen LogP contribution in [0.1, 0.15) is 16.1 Å². The Kier molecular flexibility index (Phi) is 5.88. The maximum atomic E-state index is 12.3. The number of hydrogen-bond acceptors (Lipinski definition) is 3. The summed E-state index contributed by atoms with van der Waals surface area (Å²) in [6, 6.07) is 13.6. The fourth-order valence-electron chi connectivity index (χ4n) is 2.92. The third-order valence-electron chi connectivity index (χ3n) is 4.32. The zero-order valence-electron chi connectivity index (χ0n) is 13.8. The van der Waals surface area contributed by atoms with Gasteiger partial charge in [-0.15, -0.1) is 0 Å². The molecule has 1 saturated heterocycles. The van der Waals surface area contributed by atoms with Crippen molar-refractivity contribution in [1.29, 1.82) is 0 Å². The van der Waals surface area contributed by atoms with Gasteiger partial charge in [-0.05, 0) is 28.1 Å². The van der Waals surface area contributed by atoms with Crippen molar-refractivity contribution in [2.45, 2.75) is 6.54 Å². The third-order valence-corrected chi connectivity index (χ3v) is 4.74. The predicted octanol–water partition coefficient (Wildman–Crippen LogP) is 0.699. The first-order valence-corrected chi connectivity index (χ1v) is 9.10. The summed E-state index contributed by atoms with van der Waals surface area (Å²) >= 11 is 3.15. The second-order valence-electron chi connectivity index (χ2n) is 6.08. The van der Waals surface area contributed by atoms with Gasteiger partial charge in [0, 0.05) is 5.56 Å². The van der Waals surface area contributed by atoms with Crippen LogP contribution in [0.15, 0.2) is 51.6 Å². The molecule has 0 atom stereocenters. The molecule has 1 aliphatic heterocycles. The maximum Gasteiger partial charge on any atom is 0.287 e. The highest BCUT2D eigenvalue weighted by molar-refractivity contribution is 9.10. The minimum absolute atomic E-state index is 0.00876. The van der Waals surface area contributed by atoms with Crippen molar-refractivity contribution in [2.24, 2.45) is 0 Å². The lowest BCUT2D eigenvalue weighted by Gasteiger charge is -2.32. The molecule has 6 nitrogen and oxygen atoms in total. The summed E-state index contributed by atoms with van der Waals surface area (Å²) in [6.07, 6.45) is 0. The molecule has 25 heavy (non-hydrogen) atoms. The first-order valence-electron chi connectivity index (χ1n) is 8.30. The van der Waals surface area contributed by atoms with Crippen LogP contribution >= 0.6 is 15.9 Å². The molecule has 0 radical (unpaired) electrons. The average Bonchev–Trinajstić information content (AvgIpc) is 3.07. The van der Waals surface area contributed by atoms with Crippen LogP contribution in [0, 0.1) is 0 Å². The van der Waals surface area contributed by atoms with E-state index in [2.05, 4.69) is 45.5 Å². The number of carbonyl (C=O) groups is 2. The number of piperazine rings is 1. The van der Waals surface area contributed by atoms with Crippen LogP contribution in [-0.4, -0.2) is 49.4 Å². The van der Waals surface area contributed by atoms with E-state index in [1.54, 1.807) is 12.1 Å². The third kappa shape index (κ3) is 4.93. The second kappa shape index (κ2) is 8.31. The monoisotopic (exact) mass is 406 g/mol. The van der Waals surface area contributed by atoms with Gasteiger partial charge in [0.2, 0.25) is 5.91 Å². The molecule has 2 aromatic rings. The highest BCUT2D eigenvalue weighted by Crippen LogP contribution is 2.13. The van der Waals surface area contributed by atoms with Crippen LogP contribution in [0.3, 0.4) is 0 Å². The Bertz CT molecular complexity index is 724. The normalized spacial score (nSPS) is 15.2. The summed E-state index contributed by atoms with van der Waals surface area (Å²) in [5, 5.41) is 2.61. The zero-order valence-corrected chi connectivity index (χ0v) is 15.4. The Morgan fingerprint density at radius 1 is 1.12 bits per heavy atom. The quantitative estimate of drug-likeness (QED) is 0.767. The Labute approximate surface area is 154 Å². The molecular formula is C18H21BrN3O3+. The van der Waals surface area contributed by atoms with Crippen LogP contribution < -0.4 is 10.2 Å². The number of quaternary nitrogens is 1. The SMILES string of the molecule is O=C(NCC(=O)N1CC[NH+](Cc2ccccc2)CC1)c1ccc(Br)o1. The number of furan rings is 1. The first-order chi connectivity index (χ1) is 12.1. The van der Waals surface area contributed by atoms with Crippen LogP contribution in [0.2, 0.25) is 0 Å². The Balaban J connectivity index is 1.41. The molecule has 2 amide bonds. The molecule has 2 heterocycles. The van der Waals surface area contributed by atoms with Gasteiger partial charge >= 0.3 is 0 Å². The van der Waals surface area contributed by atoms with E-state index in [9.17, 15) is 9.59 Å². The molecule has 132 valence electrons. The lowest BCUT2D eigenvalue weighted by Crippen LogP contribution is -3.13. The summed E-state index contributed by atoms with van der Waals surface area (Å²) in [7, 11) is 0. The van der Waals surface area contributed by atoms with Crippen molar-refractivity contribution in [2.75, 3.05) is 32.7 Å². The zero-order chi connectivity index (χ0) is 17.6. The number of rotatable bonds is 5. The van der Waals surface area contributed by atoms with Crippen molar-refractivity contribution in [3.63, 3.8) is 0 Å². The molecule has 0 spiro atoms. The van der Waals surface area contributed by atoms with Gasteiger partial charge in [-0.2, -0.15) is 0 Å². The number of benzene rings is 1. The van der Waals surface area contributed by atoms with Crippen molar-refractivity contribution < 1.29 is 18.9 Å². The molecule has 7 heteroatoms. The van der Waals surface area contributed by atoms with Crippen molar-refractivity contribution >= 4 is 27.7 Å². The number of carbonyl (C=O) groups excluding carboxylic acids is 2. The van der Waals surface area contributed by atoms with Gasteiger partial charge in [-0.3, -0.25) is 9.59 Å². The van der Waals surface area contributed by atoms with Gasteiger partial charge in [0.15, 0.2) is 10.4 Å². The van der Waals surface area contributed by atoms with Crippen molar-refractivity contribution in [1.82, 2.24) is 10.2 Å². The number of hydrogen-bond donors (Lipinski definition) is 2. The number of nitrogens with zero attached hydrogens (tertiary/aromatic N) is 1. The van der Waals surface area contributed by atoms with E-state index >= 15 is 0 Å². The molecule has 1 fully saturated rings. The van der Waals surface area contributed by atoms with Gasteiger partial charge in [0.05, 0.1) is 32.7 Å². The Hall–Kier alpha value is -2.12. The van der Waals surface area contributed by atoms with E-state index in [1.165, 1.54) is 10.5 Å². The minimum atomic E-state index is -0.382. The highest BCUT2D eigenvalue weighted by atomic mass is 79.9. The van der Waals surface area contributed by atoms with Gasteiger partial charge in [0.25, 0.3) is 5.91 Å². The van der Waals surface area contributed by atoms with Gasteiger partial charge in [-0.25, -0.2) is 0 Å². The van der Waals surface area contributed by atoms with Crippen LogP contribution in [-0.2, 0) is 11.3 Å². The number of halogens is 1. The largest absolute Gasteiger partial charge is 0.444 e. The van der Waals surface area contributed by atoms with E-state index < -0.39 is 0 Å². The van der Waals surface area contributed by atoms with Crippen LogP contribution in [0.25, 0.3) is 0 Å². The summed E-state index contributed by atoms with van der Waals surface area (Å²) in [5.74, 6) is -0.248. The summed E-state index contributed by atoms with van der Waals surface area (Å²) in [4.78, 5) is 27.5.